The molecule has 24 heavy (non-hydrogen) atoms. The highest BCUT2D eigenvalue weighted by atomic mass is 35.5. The van der Waals surface area contributed by atoms with Crippen molar-refractivity contribution in [3.63, 3.8) is 0 Å². The predicted octanol–water partition coefficient (Wildman–Crippen LogP) is 2.42. The lowest BCUT2D eigenvalue weighted by molar-refractivity contribution is -0.117. The Hall–Kier alpha value is -1.59. The van der Waals surface area contributed by atoms with Gasteiger partial charge in [0.25, 0.3) is 5.91 Å². The first-order chi connectivity index (χ1) is 11.2. The summed E-state index contributed by atoms with van der Waals surface area (Å²) in [5.74, 6) is 0.314. The maximum absolute atomic E-state index is 12.8. The van der Waals surface area contributed by atoms with Gasteiger partial charge >= 0.3 is 0 Å². The Kier molecular flexibility index (Phi) is 5.11. The fraction of sp³-hybridized carbons (Fsp3) is 0.556. The van der Waals surface area contributed by atoms with Gasteiger partial charge in [-0.2, -0.15) is 0 Å². The van der Waals surface area contributed by atoms with Crippen molar-refractivity contribution in [1.29, 1.82) is 0 Å². The number of amides is 2. The van der Waals surface area contributed by atoms with Crippen molar-refractivity contribution < 1.29 is 9.59 Å². The Bertz CT molecular complexity index is 632. The number of likely N-dealkylation sites (tertiary alicyclic amines) is 1. The minimum absolute atomic E-state index is 0. The second-order valence-corrected chi connectivity index (χ2v) is 7.02. The SMILES string of the molecule is Cl.O=C(Nc1cccc(C(=O)N2CCC3CCC(C2)N3)c1)C1CC1. The number of anilines is 1. The molecule has 2 atom stereocenters. The van der Waals surface area contributed by atoms with Crippen LogP contribution >= 0.6 is 12.4 Å². The van der Waals surface area contributed by atoms with Gasteiger partial charge in [0.1, 0.15) is 0 Å². The van der Waals surface area contributed by atoms with E-state index in [0.29, 0.717) is 17.6 Å². The van der Waals surface area contributed by atoms with Crippen molar-refractivity contribution in [2.24, 2.45) is 5.92 Å². The number of carbonyl (C=O) groups excluding carboxylic acids is 2. The van der Waals surface area contributed by atoms with Gasteiger partial charge in [0.05, 0.1) is 0 Å². The zero-order valence-corrected chi connectivity index (χ0v) is 14.5. The van der Waals surface area contributed by atoms with Crippen molar-refractivity contribution in [1.82, 2.24) is 10.2 Å². The zero-order valence-electron chi connectivity index (χ0n) is 13.7. The van der Waals surface area contributed by atoms with Gasteiger partial charge in [-0.05, 0) is 50.3 Å². The zero-order chi connectivity index (χ0) is 15.8. The summed E-state index contributed by atoms with van der Waals surface area (Å²) in [6, 6.07) is 8.34. The third-order valence-corrected chi connectivity index (χ3v) is 5.14. The third-order valence-electron chi connectivity index (χ3n) is 5.14. The fourth-order valence-corrected chi connectivity index (χ4v) is 3.63. The molecule has 0 aromatic heterocycles. The molecule has 0 spiro atoms. The first-order valence-corrected chi connectivity index (χ1v) is 8.65. The lowest BCUT2D eigenvalue weighted by Crippen LogP contribution is -2.39. The largest absolute Gasteiger partial charge is 0.337 e. The number of nitrogens with zero attached hydrogens (tertiary/aromatic N) is 1. The number of nitrogens with one attached hydrogen (secondary N) is 2. The van der Waals surface area contributed by atoms with Crippen molar-refractivity contribution in [3.8, 4) is 0 Å². The molecule has 130 valence electrons. The molecule has 2 unspecified atom stereocenters. The molecular formula is C18H24ClN3O2. The summed E-state index contributed by atoms with van der Waals surface area (Å²) in [7, 11) is 0. The molecule has 2 bridgehead atoms. The van der Waals surface area contributed by atoms with E-state index in [1.165, 1.54) is 6.42 Å². The molecule has 2 aliphatic heterocycles. The monoisotopic (exact) mass is 349 g/mol. The van der Waals surface area contributed by atoms with Gasteiger partial charge in [-0.3, -0.25) is 9.59 Å². The highest BCUT2D eigenvalue weighted by Crippen LogP contribution is 2.30. The number of carbonyl (C=O) groups is 2. The molecule has 5 nitrogen and oxygen atoms in total. The average Bonchev–Trinajstić information content (AvgIpc) is 3.32. The molecule has 1 aromatic carbocycles. The van der Waals surface area contributed by atoms with Gasteiger partial charge in [-0.1, -0.05) is 6.07 Å². The highest BCUT2D eigenvalue weighted by Gasteiger charge is 2.32. The van der Waals surface area contributed by atoms with E-state index in [0.717, 1.165) is 44.5 Å². The van der Waals surface area contributed by atoms with Gasteiger partial charge in [0.2, 0.25) is 5.91 Å². The lowest BCUT2D eigenvalue weighted by Gasteiger charge is -2.24. The van der Waals surface area contributed by atoms with Crippen LogP contribution in [0.25, 0.3) is 0 Å². The van der Waals surface area contributed by atoms with Gasteiger partial charge in [-0.15, -0.1) is 12.4 Å². The molecule has 1 aromatic rings. The Morgan fingerprint density at radius 2 is 1.88 bits per heavy atom. The van der Waals surface area contributed by atoms with E-state index in [1.54, 1.807) is 6.07 Å². The first kappa shape index (κ1) is 17.2. The lowest BCUT2D eigenvalue weighted by atomic mass is 10.1. The molecule has 2 N–H and O–H groups in total. The fourth-order valence-electron chi connectivity index (χ4n) is 3.63. The molecule has 4 rings (SSSR count). The standard InChI is InChI=1S/C18H23N3O2.ClH/c22-17(12-4-5-12)20-15-3-1-2-13(10-15)18(23)21-9-8-14-6-7-16(11-21)19-14;/h1-3,10,12,14,16,19H,4-9,11H2,(H,20,22);1H. The van der Waals surface area contributed by atoms with E-state index < -0.39 is 0 Å². The van der Waals surface area contributed by atoms with E-state index in [-0.39, 0.29) is 30.1 Å². The molecule has 3 fully saturated rings. The van der Waals surface area contributed by atoms with E-state index >= 15 is 0 Å². The van der Waals surface area contributed by atoms with Gasteiger partial charge < -0.3 is 15.5 Å². The average molecular weight is 350 g/mol. The Balaban J connectivity index is 0.00000169. The van der Waals surface area contributed by atoms with Crippen LogP contribution in [0.1, 0.15) is 42.5 Å². The minimum atomic E-state index is 0. The van der Waals surface area contributed by atoms with Crippen LogP contribution in [-0.2, 0) is 4.79 Å². The molecule has 2 saturated heterocycles. The molecule has 6 heteroatoms. The maximum Gasteiger partial charge on any atom is 0.253 e. The number of fused-ring (bicyclic) bond motifs is 2. The van der Waals surface area contributed by atoms with Crippen LogP contribution in [0.15, 0.2) is 24.3 Å². The molecule has 2 amide bonds. The number of benzene rings is 1. The van der Waals surface area contributed by atoms with Crippen molar-refractivity contribution in [2.75, 3.05) is 18.4 Å². The summed E-state index contributed by atoms with van der Waals surface area (Å²) >= 11 is 0. The summed E-state index contributed by atoms with van der Waals surface area (Å²) in [4.78, 5) is 26.6. The molecule has 1 saturated carbocycles. The van der Waals surface area contributed by atoms with Crippen LogP contribution in [0.5, 0.6) is 0 Å². The Morgan fingerprint density at radius 3 is 2.67 bits per heavy atom. The quantitative estimate of drug-likeness (QED) is 0.881. The smallest absolute Gasteiger partial charge is 0.253 e. The molecule has 1 aliphatic carbocycles. The summed E-state index contributed by atoms with van der Waals surface area (Å²) in [5, 5.41) is 6.51. The van der Waals surface area contributed by atoms with Gasteiger partial charge in [0, 0.05) is 42.3 Å². The van der Waals surface area contributed by atoms with Crippen molar-refractivity contribution in [3.05, 3.63) is 29.8 Å². The van der Waals surface area contributed by atoms with Crippen LogP contribution in [0.4, 0.5) is 5.69 Å². The van der Waals surface area contributed by atoms with Gasteiger partial charge in [0.15, 0.2) is 0 Å². The molecule has 2 heterocycles. The summed E-state index contributed by atoms with van der Waals surface area (Å²) in [5.41, 5.74) is 1.39. The van der Waals surface area contributed by atoms with Crippen LogP contribution < -0.4 is 10.6 Å². The number of hydrogen-bond acceptors (Lipinski definition) is 3. The van der Waals surface area contributed by atoms with Crippen LogP contribution in [0.2, 0.25) is 0 Å². The van der Waals surface area contributed by atoms with E-state index in [4.69, 9.17) is 0 Å². The van der Waals surface area contributed by atoms with Gasteiger partial charge in [-0.25, -0.2) is 0 Å². The normalized spacial score (nSPS) is 25.6. The minimum Gasteiger partial charge on any atom is -0.337 e. The summed E-state index contributed by atoms with van der Waals surface area (Å²) in [6.45, 7) is 1.60. The summed E-state index contributed by atoms with van der Waals surface area (Å²) in [6.07, 6.45) is 5.38. The predicted molar refractivity (Wildman–Crippen MR) is 95.5 cm³/mol. The second-order valence-electron chi connectivity index (χ2n) is 7.02. The van der Waals surface area contributed by atoms with E-state index in [9.17, 15) is 9.59 Å². The van der Waals surface area contributed by atoms with Crippen molar-refractivity contribution >= 4 is 29.9 Å². The van der Waals surface area contributed by atoms with Crippen LogP contribution in [0, 0.1) is 5.92 Å². The molecular weight excluding hydrogens is 326 g/mol. The molecule has 0 radical (unpaired) electrons. The number of rotatable bonds is 3. The maximum atomic E-state index is 12.8. The van der Waals surface area contributed by atoms with Crippen molar-refractivity contribution in [2.45, 2.75) is 44.2 Å². The summed E-state index contributed by atoms with van der Waals surface area (Å²) < 4.78 is 0. The first-order valence-electron chi connectivity index (χ1n) is 8.65. The highest BCUT2D eigenvalue weighted by molar-refractivity contribution is 5.98. The van der Waals surface area contributed by atoms with Crippen LogP contribution in [0.3, 0.4) is 0 Å². The Labute approximate surface area is 148 Å². The Morgan fingerprint density at radius 1 is 1.08 bits per heavy atom. The van der Waals surface area contributed by atoms with E-state index in [2.05, 4.69) is 10.6 Å². The number of halogens is 1. The second kappa shape index (κ2) is 7.11. The molecule has 3 aliphatic rings. The van der Waals surface area contributed by atoms with E-state index in [1.807, 2.05) is 23.1 Å². The number of hydrogen-bond donors (Lipinski definition) is 2. The van der Waals surface area contributed by atoms with Crippen LogP contribution in [-0.4, -0.2) is 41.9 Å². The third kappa shape index (κ3) is 3.73. The topological polar surface area (TPSA) is 61.4 Å².